The van der Waals surface area contributed by atoms with Crippen molar-refractivity contribution in [2.45, 2.75) is 19.6 Å². The van der Waals surface area contributed by atoms with E-state index >= 15 is 0 Å². The summed E-state index contributed by atoms with van der Waals surface area (Å²) >= 11 is 0. The summed E-state index contributed by atoms with van der Waals surface area (Å²) in [6, 6.07) is 10.3. The van der Waals surface area contributed by atoms with E-state index in [1.165, 1.54) is 6.07 Å². The molecule has 1 aromatic carbocycles. The summed E-state index contributed by atoms with van der Waals surface area (Å²) in [4.78, 5) is 11.6. The molecule has 0 aliphatic carbocycles. The molecule has 0 bridgehead atoms. The summed E-state index contributed by atoms with van der Waals surface area (Å²) in [7, 11) is 1.57. The minimum Gasteiger partial charge on any atom is -0.497 e. The zero-order chi connectivity index (χ0) is 15.2. The molecule has 5 heteroatoms. The van der Waals surface area contributed by atoms with E-state index in [2.05, 4.69) is 0 Å². The van der Waals surface area contributed by atoms with Crippen molar-refractivity contribution in [2.24, 2.45) is 0 Å². The highest BCUT2D eigenvalue weighted by molar-refractivity contribution is 5.41. The molecule has 0 radical (unpaired) electrons. The Morgan fingerprint density at radius 3 is 2.76 bits per heavy atom. The Morgan fingerprint density at radius 1 is 1.29 bits per heavy atom. The van der Waals surface area contributed by atoms with Gasteiger partial charge in [0.15, 0.2) is 0 Å². The van der Waals surface area contributed by atoms with Crippen LogP contribution in [0.5, 0.6) is 11.5 Å². The molecule has 0 spiro atoms. The Kier molecular flexibility index (Phi) is 5.00. The number of nitrogens with zero attached hydrogens (tertiary/aromatic N) is 1. The van der Waals surface area contributed by atoms with Crippen LogP contribution in [0.2, 0.25) is 0 Å². The molecule has 0 aliphatic rings. The molecule has 1 aromatic heterocycles. The van der Waals surface area contributed by atoms with Gasteiger partial charge in [0.2, 0.25) is 0 Å². The van der Waals surface area contributed by atoms with E-state index in [1.54, 1.807) is 55.1 Å². The van der Waals surface area contributed by atoms with E-state index in [1.807, 2.05) is 0 Å². The van der Waals surface area contributed by atoms with Crippen molar-refractivity contribution in [3.63, 3.8) is 0 Å². The lowest BCUT2D eigenvalue weighted by Gasteiger charge is -2.15. The van der Waals surface area contributed by atoms with Gasteiger partial charge in [-0.15, -0.1) is 0 Å². The number of aromatic nitrogens is 1. The fourth-order valence-corrected chi connectivity index (χ4v) is 2.01. The summed E-state index contributed by atoms with van der Waals surface area (Å²) in [6.07, 6.45) is 1.08. The maximum Gasteiger partial charge on any atom is 0.250 e. The van der Waals surface area contributed by atoms with Gasteiger partial charge in [-0.05, 0) is 25.1 Å². The predicted molar refractivity (Wildman–Crippen MR) is 79.8 cm³/mol. The van der Waals surface area contributed by atoms with E-state index in [0.29, 0.717) is 30.2 Å². The van der Waals surface area contributed by atoms with Gasteiger partial charge in [-0.2, -0.15) is 0 Å². The first kappa shape index (κ1) is 15.1. The van der Waals surface area contributed by atoms with Crippen molar-refractivity contribution < 1.29 is 14.6 Å². The predicted octanol–water partition coefficient (Wildman–Crippen LogP) is 1.99. The molecule has 1 atom stereocenters. The maximum absolute atomic E-state index is 11.6. The third kappa shape index (κ3) is 3.86. The number of pyridine rings is 1. The summed E-state index contributed by atoms with van der Waals surface area (Å²) in [5.41, 5.74) is 0.624. The van der Waals surface area contributed by atoms with Crippen molar-refractivity contribution in [1.29, 1.82) is 0 Å². The molecule has 0 aliphatic heterocycles. The number of rotatable bonds is 6. The second-order valence-corrected chi connectivity index (χ2v) is 4.66. The second-order valence-electron chi connectivity index (χ2n) is 4.66. The highest BCUT2D eigenvalue weighted by atomic mass is 16.5. The molecule has 21 heavy (non-hydrogen) atoms. The Balaban J connectivity index is 2.08. The molecule has 0 saturated heterocycles. The van der Waals surface area contributed by atoms with Gasteiger partial charge < -0.3 is 19.1 Å². The monoisotopic (exact) mass is 289 g/mol. The Bertz CT molecular complexity index is 649. The lowest BCUT2D eigenvalue weighted by molar-refractivity contribution is 0.190. The molecule has 0 unspecified atom stereocenters. The minimum absolute atomic E-state index is 0.0671. The van der Waals surface area contributed by atoms with Crippen LogP contribution >= 0.6 is 0 Å². The van der Waals surface area contributed by atoms with Gasteiger partial charge in [-0.3, -0.25) is 4.79 Å². The van der Waals surface area contributed by atoms with Gasteiger partial charge in [0.25, 0.3) is 5.56 Å². The van der Waals surface area contributed by atoms with E-state index in [4.69, 9.17) is 9.47 Å². The van der Waals surface area contributed by atoms with Crippen LogP contribution in [0.25, 0.3) is 0 Å². The third-order valence-corrected chi connectivity index (χ3v) is 3.16. The first-order valence-electron chi connectivity index (χ1n) is 6.76. The average molecular weight is 289 g/mol. The Hall–Kier alpha value is -2.27. The fourth-order valence-electron chi connectivity index (χ4n) is 2.01. The quantitative estimate of drug-likeness (QED) is 0.883. The molecule has 112 valence electrons. The molecule has 0 saturated carbocycles. The molecule has 5 nitrogen and oxygen atoms in total. The number of hydrogen-bond donors (Lipinski definition) is 1. The fraction of sp³-hybridized carbons (Fsp3) is 0.312. The number of benzene rings is 1. The molecule has 0 amide bonds. The number of hydrogen-bond acceptors (Lipinski definition) is 4. The van der Waals surface area contributed by atoms with E-state index in [9.17, 15) is 9.90 Å². The van der Waals surface area contributed by atoms with Crippen LogP contribution in [-0.2, 0) is 6.54 Å². The normalized spacial score (nSPS) is 12.0. The molecular formula is C16H19NO4. The number of methoxy groups -OCH3 is 1. The van der Waals surface area contributed by atoms with Crippen LogP contribution in [0.15, 0.2) is 47.4 Å². The van der Waals surface area contributed by atoms with Crippen molar-refractivity contribution in [1.82, 2.24) is 4.57 Å². The number of aliphatic hydroxyl groups excluding tert-OH is 1. The first-order chi connectivity index (χ1) is 10.1. The lowest BCUT2D eigenvalue weighted by atomic mass is 10.1. The van der Waals surface area contributed by atoms with Crippen LogP contribution in [0.1, 0.15) is 18.6 Å². The van der Waals surface area contributed by atoms with Gasteiger partial charge in [-0.25, -0.2) is 0 Å². The molecule has 2 aromatic rings. The summed E-state index contributed by atoms with van der Waals surface area (Å²) in [6.45, 7) is 2.45. The molecule has 2 rings (SSSR count). The summed E-state index contributed by atoms with van der Waals surface area (Å²) in [5, 5.41) is 9.75. The van der Waals surface area contributed by atoms with Crippen LogP contribution in [0.3, 0.4) is 0 Å². The van der Waals surface area contributed by atoms with Crippen molar-refractivity contribution >= 4 is 0 Å². The third-order valence-electron chi connectivity index (χ3n) is 3.16. The summed E-state index contributed by atoms with van der Waals surface area (Å²) < 4.78 is 12.4. The maximum atomic E-state index is 11.6. The van der Waals surface area contributed by atoms with E-state index in [0.717, 1.165) is 0 Å². The van der Waals surface area contributed by atoms with Crippen molar-refractivity contribution in [2.75, 3.05) is 13.7 Å². The van der Waals surface area contributed by atoms with Gasteiger partial charge in [-0.1, -0.05) is 6.07 Å². The lowest BCUT2D eigenvalue weighted by Crippen LogP contribution is -2.21. The average Bonchev–Trinajstić information content (AvgIpc) is 2.48. The first-order valence-corrected chi connectivity index (χ1v) is 6.76. The van der Waals surface area contributed by atoms with Crippen molar-refractivity contribution in [3.8, 4) is 11.5 Å². The highest BCUT2D eigenvalue weighted by Crippen LogP contribution is 2.29. The second kappa shape index (κ2) is 6.95. The minimum atomic E-state index is -0.634. The number of aliphatic hydroxyl groups is 1. The zero-order valence-electron chi connectivity index (χ0n) is 12.2. The smallest absolute Gasteiger partial charge is 0.250 e. The van der Waals surface area contributed by atoms with Crippen LogP contribution in [-0.4, -0.2) is 23.4 Å². The van der Waals surface area contributed by atoms with Crippen molar-refractivity contribution in [3.05, 3.63) is 58.5 Å². The van der Waals surface area contributed by atoms with Crippen LogP contribution in [0, 0.1) is 0 Å². The van der Waals surface area contributed by atoms with Crippen LogP contribution in [0.4, 0.5) is 0 Å². The summed E-state index contributed by atoms with van der Waals surface area (Å²) in [5.74, 6) is 1.22. The Labute approximate surface area is 123 Å². The van der Waals surface area contributed by atoms with Gasteiger partial charge in [0, 0.05) is 23.9 Å². The molecule has 1 heterocycles. The van der Waals surface area contributed by atoms with E-state index < -0.39 is 6.10 Å². The number of ether oxygens (including phenoxy) is 2. The zero-order valence-corrected chi connectivity index (χ0v) is 12.2. The van der Waals surface area contributed by atoms with Gasteiger partial charge >= 0.3 is 0 Å². The highest BCUT2D eigenvalue weighted by Gasteiger charge is 2.10. The topological polar surface area (TPSA) is 60.7 Å². The molecular weight excluding hydrogens is 270 g/mol. The Morgan fingerprint density at radius 2 is 2.10 bits per heavy atom. The largest absolute Gasteiger partial charge is 0.497 e. The van der Waals surface area contributed by atoms with Gasteiger partial charge in [0.05, 0.1) is 19.8 Å². The SMILES string of the molecule is COc1ccc([C@@H](C)O)c(OCCn2ccccc2=O)c1. The standard InChI is InChI=1S/C16H19NO4/c1-12(18)14-7-6-13(20-2)11-15(14)21-10-9-17-8-4-3-5-16(17)19/h3-8,11-12,18H,9-10H2,1-2H3/t12-/m1/s1. The molecule has 0 fully saturated rings. The van der Waals surface area contributed by atoms with Gasteiger partial charge in [0.1, 0.15) is 18.1 Å². The van der Waals surface area contributed by atoms with E-state index in [-0.39, 0.29) is 5.56 Å². The molecule has 1 N–H and O–H groups in total. The van der Waals surface area contributed by atoms with Crippen LogP contribution < -0.4 is 15.0 Å².